The number of benzene rings is 4. The van der Waals surface area contributed by atoms with Gasteiger partial charge in [0.1, 0.15) is 5.75 Å². The van der Waals surface area contributed by atoms with Crippen molar-refractivity contribution in [3.8, 4) is 5.75 Å². The van der Waals surface area contributed by atoms with Crippen LogP contribution in [0.2, 0.25) is 0 Å². The number of anilines is 2. The highest BCUT2D eigenvalue weighted by molar-refractivity contribution is 6.11. The van der Waals surface area contributed by atoms with Gasteiger partial charge in [-0.05, 0) is 68.6 Å². The summed E-state index contributed by atoms with van der Waals surface area (Å²) in [6, 6.07) is 28.5. The molecule has 34 heavy (non-hydrogen) atoms. The minimum Gasteiger partial charge on any atom is -0.481 e. The molecular formula is C29H28N2O3. The Labute approximate surface area is 200 Å². The minimum atomic E-state index is -0.661. The Morgan fingerprint density at radius 2 is 1.56 bits per heavy atom. The fourth-order valence-electron chi connectivity index (χ4n) is 3.84. The summed E-state index contributed by atoms with van der Waals surface area (Å²) in [5, 5.41) is 4.97. The van der Waals surface area contributed by atoms with Crippen LogP contribution in [-0.4, -0.2) is 24.5 Å². The van der Waals surface area contributed by atoms with Crippen LogP contribution in [0.4, 0.5) is 11.4 Å². The summed E-state index contributed by atoms with van der Waals surface area (Å²) >= 11 is 0. The van der Waals surface area contributed by atoms with E-state index in [2.05, 4.69) is 5.32 Å². The molecule has 0 fully saturated rings. The first-order valence-electron chi connectivity index (χ1n) is 11.4. The van der Waals surface area contributed by atoms with Crippen LogP contribution < -0.4 is 15.0 Å². The van der Waals surface area contributed by atoms with E-state index in [1.807, 2.05) is 80.6 Å². The Hall–Kier alpha value is -4.12. The third kappa shape index (κ3) is 5.09. The van der Waals surface area contributed by atoms with Crippen LogP contribution in [0.15, 0.2) is 91.0 Å². The second-order valence-electron chi connectivity index (χ2n) is 8.19. The first-order valence-corrected chi connectivity index (χ1v) is 11.4. The van der Waals surface area contributed by atoms with Crippen LogP contribution in [0.25, 0.3) is 10.8 Å². The molecule has 4 aromatic rings. The summed E-state index contributed by atoms with van der Waals surface area (Å²) in [5.74, 6) is 0.292. The SMILES string of the molecule is CCN(C(=O)c1ccc(NC(=O)C(C)Oc2ccc(C)cc2)cc1)c1cccc2ccccc12. The van der Waals surface area contributed by atoms with Gasteiger partial charge >= 0.3 is 0 Å². The van der Waals surface area contributed by atoms with Crippen LogP contribution in [0.1, 0.15) is 29.8 Å². The molecule has 1 N–H and O–H groups in total. The van der Waals surface area contributed by atoms with Gasteiger partial charge in [-0.1, -0.05) is 54.1 Å². The fourth-order valence-corrected chi connectivity index (χ4v) is 3.84. The first kappa shape index (κ1) is 23.1. The molecule has 172 valence electrons. The normalized spacial score (nSPS) is 11.6. The van der Waals surface area contributed by atoms with Gasteiger partial charge in [0.25, 0.3) is 11.8 Å². The Bertz CT molecular complexity index is 1290. The van der Waals surface area contributed by atoms with Gasteiger partial charge < -0.3 is 15.0 Å². The average Bonchev–Trinajstić information content (AvgIpc) is 2.86. The molecule has 0 saturated heterocycles. The van der Waals surface area contributed by atoms with Crippen molar-refractivity contribution < 1.29 is 14.3 Å². The lowest BCUT2D eigenvalue weighted by Gasteiger charge is -2.23. The number of hydrogen-bond donors (Lipinski definition) is 1. The molecule has 4 rings (SSSR count). The summed E-state index contributed by atoms with van der Waals surface area (Å²) in [4.78, 5) is 27.6. The average molecular weight is 453 g/mol. The van der Waals surface area contributed by atoms with Gasteiger partial charge in [0, 0.05) is 23.2 Å². The minimum absolute atomic E-state index is 0.0900. The maximum absolute atomic E-state index is 13.3. The molecule has 0 aliphatic rings. The van der Waals surface area contributed by atoms with Crippen molar-refractivity contribution >= 4 is 34.0 Å². The smallest absolute Gasteiger partial charge is 0.265 e. The number of rotatable bonds is 7. The molecule has 2 amide bonds. The third-order valence-corrected chi connectivity index (χ3v) is 5.72. The highest BCUT2D eigenvalue weighted by Crippen LogP contribution is 2.28. The number of ether oxygens (including phenoxy) is 1. The molecule has 0 saturated carbocycles. The molecule has 0 bridgehead atoms. The van der Waals surface area contributed by atoms with E-state index in [1.165, 1.54) is 0 Å². The topological polar surface area (TPSA) is 58.6 Å². The maximum atomic E-state index is 13.3. The highest BCUT2D eigenvalue weighted by Gasteiger charge is 2.19. The lowest BCUT2D eigenvalue weighted by atomic mass is 10.1. The number of carbonyl (C=O) groups is 2. The predicted molar refractivity (Wildman–Crippen MR) is 138 cm³/mol. The van der Waals surface area contributed by atoms with E-state index >= 15 is 0 Å². The van der Waals surface area contributed by atoms with Gasteiger partial charge in [-0.15, -0.1) is 0 Å². The zero-order valence-corrected chi connectivity index (χ0v) is 19.6. The number of aryl methyl sites for hydroxylation is 1. The van der Waals surface area contributed by atoms with Gasteiger partial charge in [0.15, 0.2) is 6.10 Å². The fraction of sp³-hybridized carbons (Fsp3) is 0.172. The first-order chi connectivity index (χ1) is 16.5. The van der Waals surface area contributed by atoms with Crippen molar-refractivity contribution in [2.75, 3.05) is 16.8 Å². The summed E-state index contributed by atoms with van der Waals surface area (Å²) in [6.07, 6.45) is -0.661. The number of carbonyl (C=O) groups excluding carboxylic acids is 2. The predicted octanol–water partition coefficient (Wildman–Crippen LogP) is 6.22. The molecule has 0 aromatic heterocycles. The van der Waals surface area contributed by atoms with Crippen LogP contribution in [-0.2, 0) is 4.79 Å². The Morgan fingerprint density at radius 3 is 2.26 bits per heavy atom. The van der Waals surface area contributed by atoms with Crippen molar-refractivity contribution in [2.45, 2.75) is 26.9 Å². The van der Waals surface area contributed by atoms with Crippen molar-refractivity contribution in [2.24, 2.45) is 0 Å². The lowest BCUT2D eigenvalue weighted by Crippen LogP contribution is -2.31. The summed E-state index contributed by atoms with van der Waals surface area (Å²) in [6.45, 7) is 6.20. The molecule has 0 aliphatic heterocycles. The van der Waals surface area contributed by atoms with E-state index in [0.29, 0.717) is 23.5 Å². The van der Waals surface area contributed by atoms with Crippen LogP contribution in [0, 0.1) is 6.92 Å². The summed E-state index contributed by atoms with van der Waals surface area (Å²) in [5.41, 5.74) is 3.16. The molecule has 0 radical (unpaired) electrons. The van der Waals surface area contributed by atoms with Crippen LogP contribution >= 0.6 is 0 Å². The van der Waals surface area contributed by atoms with Gasteiger partial charge in [0.2, 0.25) is 0 Å². The monoisotopic (exact) mass is 452 g/mol. The maximum Gasteiger partial charge on any atom is 0.265 e. The second-order valence-corrected chi connectivity index (χ2v) is 8.19. The number of nitrogens with one attached hydrogen (secondary N) is 1. The van der Waals surface area contributed by atoms with Crippen LogP contribution in [0.3, 0.4) is 0 Å². The standard InChI is InChI=1S/C29H28N2O3/c1-4-31(27-11-7-9-22-8-5-6-10-26(22)27)29(33)23-14-16-24(17-15-23)30-28(32)21(3)34-25-18-12-20(2)13-19-25/h5-19,21H,4H2,1-3H3,(H,30,32). The van der Waals surface area contributed by atoms with Gasteiger partial charge in [-0.3, -0.25) is 9.59 Å². The van der Waals surface area contributed by atoms with Crippen molar-refractivity contribution in [3.05, 3.63) is 102 Å². The quantitative estimate of drug-likeness (QED) is 0.362. The van der Waals surface area contributed by atoms with E-state index in [1.54, 1.807) is 36.1 Å². The Kier molecular flexibility index (Phi) is 6.93. The largest absolute Gasteiger partial charge is 0.481 e. The van der Waals surface area contributed by atoms with Crippen molar-refractivity contribution in [1.82, 2.24) is 0 Å². The number of amides is 2. The molecule has 5 heteroatoms. The van der Waals surface area contributed by atoms with E-state index < -0.39 is 6.10 Å². The molecule has 0 aliphatic carbocycles. The molecule has 0 heterocycles. The van der Waals surface area contributed by atoms with Crippen molar-refractivity contribution in [1.29, 1.82) is 0 Å². The molecule has 4 aromatic carbocycles. The molecule has 0 spiro atoms. The zero-order valence-electron chi connectivity index (χ0n) is 19.6. The van der Waals surface area contributed by atoms with E-state index in [-0.39, 0.29) is 11.8 Å². The van der Waals surface area contributed by atoms with Crippen molar-refractivity contribution in [3.63, 3.8) is 0 Å². The molecule has 1 unspecified atom stereocenters. The van der Waals surface area contributed by atoms with E-state index in [4.69, 9.17) is 4.74 Å². The summed E-state index contributed by atoms with van der Waals surface area (Å²) < 4.78 is 5.72. The number of hydrogen-bond acceptors (Lipinski definition) is 3. The molecule has 5 nitrogen and oxygen atoms in total. The summed E-state index contributed by atoms with van der Waals surface area (Å²) in [7, 11) is 0. The van der Waals surface area contributed by atoms with Gasteiger partial charge in [0.05, 0.1) is 5.69 Å². The number of nitrogens with zero attached hydrogens (tertiary/aromatic N) is 1. The third-order valence-electron chi connectivity index (χ3n) is 5.72. The van der Waals surface area contributed by atoms with Crippen LogP contribution in [0.5, 0.6) is 5.75 Å². The van der Waals surface area contributed by atoms with Gasteiger partial charge in [-0.2, -0.15) is 0 Å². The Balaban J connectivity index is 1.45. The zero-order chi connectivity index (χ0) is 24.1. The second kappa shape index (κ2) is 10.2. The molecular weight excluding hydrogens is 424 g/mol. The Morgan fingerprint density at radius 1 is 0.882 bits per heavy atom. The van der Waals surface area contributed by atoms with E-state index in [0.717, 1.165) is 22.0 Å². The van der Waals surface area contributed by atoms with E-state index in [9.17, 15) is 9.59 Å². The molecule has 1 atom stereocenters. The highest BCUT2D eigenvalue weighted by atomic mass is 16.5. The van der Waals surface area contributed by atoms with Gasteiger partial charge in [-0.25, -0.2) is 0 Å². The number of fused-ring (bicyclic) bond motifs is 1. The lowest BCUT2D eigenvalue weighted by molar-refractivity contribution is -0.122.